The van der Waals surface area contributed by atoms with Crippen LogP contribution in [0.5, 0.6) is 0 Å². The van der Waals surface area contributed by atoms with Crippen molar-refractivity contribution in [1.82, 2.24) is 19.1 Å². The van der Waals surface area contributed by atoms with E-state index in [1.54, 1.807) is 22.1 Å². The molecule has 0 aromatic carbocycles. The number of piperidine rings is 1. The van der Waals surface area contributed by atoms with Crippen molar-refractivity contribution in [3.05, 3.63) is 18.0 Å². The molecule has 0 saturated carbocycles. The molecule has 7 nitrogen and oxygen atoms in total. The van der Waals surface area contributed by atoms with Gasteiger partial charge in [-0.25, -0.2) is 13.4 Å². The van der Waals surface area contributed by atoms with Crippen LogP contribution in [0.25, 0.3) is 11.0 Å². The molecule has 8 heteroatoms. The van der Waals surface area contributed by atoms with Crippen LogP contribution in [-0.4, -0.2) is 46.6 Å². The third-order valence-corrected chi connectivity index (χ3v) is 6.58. The van der Waals surface area contributed by atoms with Gasteiger partial charge in [-0.2, -0.15) is 9.40 Å². The van der Waals surface area contributed by atoms with Gasteiger partial charge in [-0.1, -0.05) is 0 Å². The number of aromatic nitrogens is 3. The van der Waals surface area contributed by atoms with E-state index in [-0.39, 0.29) is 10.9 Å². The van der Waals surface area contributed by atoms with E-state index < -0.39 is 10.0 Å². The van der Waals surface area contributed by atoms with Crippen molar-refractivity contribution < 1.29 is 8.42 Å². The summed E-state index contributed by atoms with van der Waals surface area (Å²) in [6.07, 6.45) is 3.04. The Labute approximate surface area is 136 Å². The Balaban J connectivity index is 1.90. The van der Waals surface area contributed by atoms with Crippen molar-refractivity contribution >= 4 is 21.1 Å². The fourth-order valence-electron chi connectivity index (χ4n) is 3.22. The first-order valence-corrected chi connectivity index (χ1v) is 9.30. The van der Waals surface area contributed by atoms with Crippen LogP contribution in [-0.2, 0) is 17.1 Å². The Hall–Kier alpha value is -1.51. The molecule has 126 valence electrons. The van der Waals surface area contributed by atoms with Gasteiger partial charge in [0.05, 0.1) is 5.69 Å². The Morgan fingerprint density at radius 1 is 1.35 bits per heavy atom. The number of nitrogens with zero attached hydrogens (tertiary/aromatic N) is 4. The van der Waals surface area contributed by atoms with Gasteiger partial charge in [-0.15, -0.1) is 0 Å². The normalized spacial score (nSPS) is 19.3. The number of fused-ring (bicyclic) bond motifs is 1. The summed E-state index contributed by atoms with van der Waals surface area (Å²) < 4.78 is 28.9. The maximum absolute atomic E-state index is 12.9. The minimum atomic E-state index is -3.52. The zero-order chi connectivity index (χ0) is 16.8. The maximum atomic E-state index is 12.9. The second kappa shape index (κ2) is 5.85. The lowest BCUT2D eigenvalue weighted by molar-refractivity contribution is 0.250. The number of nitrogens with two attached hydrogens (primary N) is 1. The monoisotopic (exact) mass is 337 g/mol. The lowest BCUT2D eigenvalue weighted by Crippen LogP contribution is -2.42. The van der Waals surface area contributed by atoms with E-state index in [4.69, 9.17) is 5.73 Å². The molecular formula is C15H23N5O2S. The fraction of sp³-hybridized carbons (Fsp3) is 0.600. The number of hydrogen-bond acceptors (Lipinski definition) is 5. The van der Waals surface area contributed by atoms with Gasteiger partial charge in [0.1, 0.15) is 4.90 Å². The largest absolute Gasteiger partial charge is 0.328 e. The highest BCUT2D eigenvalue weighted by Gasteiger charge is 2.31. The van der Waals surface area contributed by atoms with E-state index in [1.165, 1.54) is 6.20 Å². The van der Waals surface area contributed by atoms with Gasteiger partial charge in [-0.3, -0.25) is 4.68 Å². The summed E-state index contributed by atoms with van der Waals surface area (Å²) in [7, 11) is -1.72. The molecule has 2 aromatic heterocycles. The van der Waals surface area contributed by atoms with Gasteiger partial charge in [0.2, 0.25) is 10.0 Å². The van der Waals surface area contributed by atoms with Crippen LogP contribution < -0.4 is 5.73 Å². The molecule has 0 bridgehead atoms. The van der Waals surface area contributed by atoms with Crippen molar-refractivity contribution in [3.63, 3.8) is 0 Å². The number of pyridine rings is 1. The highest BCUT2D eigenvalue weighted by atomic mass is 32.2. The summed E-state index contributed by atoms with van der Waals surface area (Å²) in [5, 5.41) is 5.06. The fourth-order valence-corrected chi connectivity index (χ4v) is 4.66. The molecule has 3 rings (SSSR count). The standard InChI is InChI=1S/C15H23N5O2S/c1-10(16)12-4-6-20(7-5-12)23(21,22)13-8-14-11(2)18-19(3)15(14)17-9-13/h8-10,12H,4-7,16H2,1-3H3. The predicted molar refractivity (Wildman–Crippen MR) is 88.4 cm³/mol. The topological polar surface area (TPSA) is 94.1 Å². The number of hydrogen-bond donors (Lipinski definition) is 1. The summed E-state index contributed by atoms with van der Waals surface area (Å²) in [6.45, 7) is 4.86. The van der Waals surface area contributed by atoms with Crippen LogP contribution in [0.3, 0.4) is 0 Å². The Bertz CT molecular complexity index is 820. The minimum absolute atomic E-state index is 0.107. The minimum Gasteiger partial charge on any atom is -0.328 e. The third kappa shape index (κ3) is 2.86. The van der Waals surface area contributed by atoms with Gasteiger partial charge in [0.25, 0.3) is 0 Å². The molecule has 0 amide bonds. The van der Waals surface area contributed by atoms with E-state index >= 15 is 0 Å². The van der Waals surface area contributed by atoms with Gasteiger partial charge in [-0.05, 0) is 38.7 Å². The smallest absolute Gasteiger partial charge is 0.244 e. The lowest BCUT2D eigenvalue weighted by Gasteiger charge is -2.32. The van der Waals surface area contributed by atoms with Gasteiger partial charge >= 0.3 is 0 Å². The zero-order valence-corrected chi connectivity index (χ0v) is 14.5. The van der Waals surface area contributed by atoms with Gasteiger partial charge < -0.3 is 5.73 Å². The second-order valence-corrected chi connectivity index (χ2v) is 8.29. The quantitative estimate of drug-likeness (QED) is 0.902. The van der Waals surface area contributed by atoms with Crippen molar-refractivity contribution in [2.45, 2.75) is 37.6 Å². The molecule has 0 radical (unpaired) electrons. The molecule has 23 heavy (non-hydrogen) atoms. The first-order valence-electron chi connectivity index (χ1n) is 7.86. The molecule has 3 heterocycles. The van der Waals surface area contributed by atoms with E-state index in [1.807, 2.05) is 13.8 Å². The molecule has 1 unspecified atom stereocenters. The van der Waals surface area contributed by atoms with Crippen molar-refractivity contribution in [1.29, 1.82) is 0 Å². The van der Waals surface area contributed by atoms with Gasteiger partial charge in [0.15, 0.2) is 5.65 Å². The average Bonchev–Trinajstić information content (AvgIpc) is 2.81. The third-order valence-electron chi connectivity index (χ3n) is 4.72. The average molecular weight is 337 g/mol. The van der Waals surface area contributed by atoms with E-state index in [2.05, 4.69) is 10.1 Å². The summed E-state index contributed by atoms with van der Waals surface area (Å²) in [5.41, 5.74) is 7.40. The number of sulfonamides is 1. The SMILES string of the molecule is Cc1nn(C)c2ncc(S(=O)(=O)N3CCC(C(C)N)CC3)cc12. The highest BCUT2D eigenvalue weighted by molar-refractivity contribution is 7.89. The molecule has 1 saturated heterocycles. The van der Waals surface area contributed by atoms with Gasteiger partial charge in [0, 0.05) is 37.8 Å². The van der Waals surface area contributed by atoms with Crippen LogP contribution in [0.2, 0.25) is 0 Å². The Morgan fingerprint density at radius 3 is 2.61 bits per heavy atom. The van der Waals surface area contributed by atoms with E-state index in [0.717, 1.165) is 23.9 Å². The summed E-state index contributed by atoms with van der Waals surface area (Å²) in [4.78, 5) is 4.52. The first-order chi connectivity index (χ1) is 10.8. The van der Waals surface area contributed by atoms with Crippen LogP contribution in [0.1, 0.15) is 25.5 Å². The van der Waals surface area contributed by atoms with Crippen LogP contribution in [0.15, 0.2) is 17.2 Å². The molecule has 0 spiro atoms. The molecule has 1 aliphatic rings. The van der Waals surface area contributed by atoms with Crippen LogP contribution in [0, 0.1) is 12.8 Å². The van der Waals surface area contributed by atoms with Crippen molar-refractivity contribution in [2.75, 3.05) is 13.1 Å². The van der Waals surface area contributed by atoms with E-state index in [0.29, 0.717) is 24.7 Å². The molecule has 0 aliphatic carbocycles. The predicted octanol–water partition coefficient (Wildman–Crippen LogP) is 1.02. The molecule has 1 atom stereocenters. The Kier molecular flexibility index (Phi) is 4.16. The molecular weight excluding hydrogens is 314 g/mol. The maximum Gasteiger partial charge on any atom is 0.244 e. The molecule has 2 aromatic rings. The van der Waals surface area contributed by atoms with E-state index in [9.17, 15) is 8.42 Å². The van der Waals surface area contributed by atoms with Crippen molar-refractivity contribution in [3.8, 4) is 0 Å². The molecule has 1 fully saturated rings. The highest BCUT2D eigenvalue weighted by Crippen LogP contribution is 2.26. The number of rotatable bonds is 3. The number of aryl methyl sites for hydroxylation is 2. The zero-order valence-electron chi connectivity index (χ0n) is 13.7. The van der Waals surface area contributed by atoms with Crippen LogP contribution in [0.4, 0.5) is 0 Å². The van der Waals surface area contributed by atoms with Crippen LogP contribution >= 0.6 is 0 Å². The van der Waals surface area contributed by atoms with Crippen molar-refractivity contribution in [2.24, 2.45) is 18.7 Å². The summed E-state index contributed by atoms with van der Waals surface area (Å²) in [5.74, 6) is 0.391. The molecule has 1 aliphatic heterocycles. The lowest BCUT2D eigenvalue weighted by atomic mass is 9.92. The summed E-state index contributed by atoms with van der Waals surface area (Å²) >= 11 is 0. The first kappa shape index (κ1) is 16.4. The second-order valence-electron chi connectivity index (χ2n) is 6.35. The Morgan fingerprint density at radius 2 is 2.00 bits per heavy atom. The summed E-state index contributed by atoms with van der Waals surface area (Å²) in [6, 6.07) is 1.79. The molecule has 2 N–H and O–H groups in total.